The number of unbranched alkanes of at least 4 members (excludes halogenated alkanes) is 4. The van der Waals surface area contributed by atoms with E-state index in [9.17, 15) is 96.5 Å². The number of aliphatic hydroxyl groups excluding tert-OH is 1. The highest BCUT2D eigenvalue weighted by Crippen LogP contribution is 2.20. The van der Waals surface area contributed by atoms with Gasteiger partial charge in [-0.1, -0.05) is 156 Å². The molecular formula is C84H146N18O23. The van der Waals surface area contributed by atoms with Crippen LogP contribution in [0.4, 0.5) is 0 Å². The van der Waals surface area contributed by atoms with E-state index in [-0.39, 0.29) is 68.6 Å². The molecule has 0 bridgehead atoms. The Morgan fingerprint density at radius 2 is 0.768 bits per heavy atom. The van der Waals surface area contributed by atoms with Gasteiger partial charge < -0.3 is 112 Å². The second kappa shape index (κ2) is 57.8. The predicted molar refractivity (Wildman–Crippen MR) is 459 cm³/mol. The summed E-state index contributed by atoms with van der Waals surface area (Å²) in [7, 11) is 0. The van der Waals surface area contributed by atoms with Crippen molar-refractivity contribution >= 4 is 118 Å². The molecule has 0 aromatic rings. The Balaban J connectivity index is 4.23. The molecule has 0 saturated carbocycles. The number of hydrogen-bond acceptors (Lipinski definition) is 22. The lowest BCUT2D eigenvalue weighted by Gasteiger charge is -2.30. The summed E-state index contributed by atoms with van der Waals surface area (Å²) in [5, 5.41) is 56.0. The summed E-state index contributed by atoms with van der Waals surface area (Å²) in [6, 6.07) is -22.9. The van der Waals surface area contributed by atoms with Gasteiger partial charge >= 0.3 is 11.9 Å². The monoisotopic (exact) mass is 1780 g/mol. The van der Waals surface area contributed by atoms with Crippen LogP contribution in [0.25, 0.3) is 0 Å². The summed E-state index contributed by atoms with van der Waals surface area (Å²) in [5.41, 5.74) is 22.2. The third-order valence-electron chi connectivity index (χ3n) is 20.6. The lowest BCUT2D eigenvalue weighted by molar-refractivity contribution is -0.152. The number of nitrogens with two attached hydrogens (primary N) is 4. The number of carbonyl (C=O) groups excluding carboxylic acids is 19. The quantitative estimate of drug-likeness (QED) is 0.0255. The maximum Gasteiger partial charge on any atom is 0.329 e. The van der Waals surface area contributed by atoms with Crippen LogP contribution in [0.15, 0.2) is 0 Å². The summed E-state index contributed by atoms with van der Waals surface area (Å²) in [5.74, 6) is -25.1. The Hall–Kier alpha value is -10.6. The van der Waals surface area contributed by atoms with Crippen molar-refractivity contribution in [3.8, 4) is 0 Å². The van der Waals surface area contributed by atoms with Crippen molar-refractivity contribution in [2.45, 2.75) is 356 Å². The van der Waals surface area contributed by atoms with Crippen LogP contribution < -0.4 is 97.4 Å². The van der Waals surface area contributed by atoms with Crippen molar-refractivity contribution in [1.29, 1.82) is 0 Å². The van der Waals surface area contributed by atoms with Crippen molar-refractivity contribution < 1.29 is 111 Å². The summed E-state index contributed by atoms with van der Waals surface area (Å²) in [6.07, 6.45) is -2.30. The molecule has 16 unspecified atom stereocenters. The van der Waals surface area contributed by atoms with Crippen LogP contribution >= 0.6 is 0 Å². The topological polar surface area (TPSA) is 664 Å². The van der Waals surface area contributed by atoms with E-state index < -0.39 is 303 Å². The van der Waals surface area contributed by atoms with Gasteiger partial charge in [0, 0.05) is 32.1 Å². The lowest BCUT2D eigenvalue weighted by Crippen LogP contribution is -2.62. The highest BCUT2D eigenvalue weighted by atomic mass is 16.5. The SMILES string of the molecule is CCCCCCCC(O)CC(=O)NC(CC(C)C)C(=O)NC(CCC(=O)O)C(=O)NC(CCC(N)=O)C(=O)NC(C(=O)NC(CC(C)C)C(=O)NC(CCC(N)=O)C(=O)NC1COC(=O)C(C(C)CC)NC(=O)C(CCC(N)=O)NC(=O)C(CC(C)C)NC(=O)C(CC(C)C)NC(=O)C(CCC(N)=O)NC(=O)C(CC(C)C)NC(=O)C(C(C)C)NC1=O)C(C)C. The van der Waals surface area contributed by atoms with E-state index in [1.165, 1.54) is 34.6 Å². The Morgan fingerprint density at radius 1 is 0.400 bits per heavy atom. The van der Waals surface area contributed by atoms with Gasteiger partial charge in [0.05, 0.1) is 12.5 Å². The van der Waals surface area contributed by atoms with Gasteiger partial charge in [-0.2, -0.15) is 0 Å². The summed E-state index contributed by atoms with van der Waals surface area (Å²) in [6.45, 7) is 27.2. The average molecular weight is 1780 g/mol. The predicted octanol–water partition coefficient (Wildman–Crippen LogP) is -1.04. The first-order chi connectivity index (χ1) is 58.3. The number of nitrogens with one attached hydrogen (secondary N) is 14. The van der Waals surface area contributed by atoms with Crippen LogP contribution in [-0.4, -0.2) is 226 Å². The molecule has 1 saturated heterocycles. The number of carboxylic acids is 1. The third-order valence-corrected chi connectivity index (χ3v) is 20.6. The van der Waals surface area contributed by atoms with Gasteiger partial charge in [-0.25, -0.2) is 4.79 Å². The highest BCUT2D eigenvalue weighted by molar-refractivity contribution is 6.01. The second-order valence-electron chi connectivity index (χ2n) is 35.4. The maximum absolute atomic E-state index is 15.1. The molecule has 1 heterocycles. The zero-order chi connectivity index (χ0) is 95.4. The fourth-order valence-corrected chi connectivity index (χ4v) is 13.5. The number of rotatable bonds is 50. The zero-order valence-electron chi connectivity index (χ0n) is 76.0. The molecule has 0 aliphatic carbocycles. The van der Waals surface area contributed by atoms with Crippen LogP contribution in [0.5, 0.6) is 0 Å². The summed E-state index contributed by atoms with van der Waals surface area (Å²) < 4.78 is 5.79. The molecule has 125 heavy (non-hydrogen) atoms. The Labute approximate surface area is 733 Å². The van der Waals surface area contributed by atoms with Crippen molar-refractivity contribution in [3.05, 3.63) is 0 Å². The third kappa shape index (κ3) is 45.2. The molecule has 41 heteroatoms. The van der Waals surface area contributed by atoms with E-state index >= 15 is 9.59 Å². The van der Waals surface area contributed by atoms with E-state index in [2.05, 4.69) is 81.4 Å². The molecule has 0 aromatic heterocycles. The molecule has 41 nitrogen and oxygen atoms in total. The van der Waals surface area contributed by atoms with Crippen LogP contribution in [0, 0.1) is 47.3 Å². The van der Waals surface area contributed by atoms with Crippen LogP contribution in [0.2, 0.25) is 0 Å². The van der Waals surface area contributed by atoms with Crippen molar-refractivity contribution in [3.63, 3.8) is 0 Å². The minimum absolute atomic E-state index is 0.0341. The molecule has 24 N–H and O–H groups in total. The van der Waals surface area contributed by atoms with Gasteiger partial charge in [-0.3, -0.25) is 91.1 Å². The Kier molecular flexibility index (Phi) is 52.0. The molecule has 0 aromatic carbocycles. The number of carbonyl (C=O) groups is 20. The smallest absolute Gasteiger partial charge is 0.329 e. The number of carboxylic acid groups (broad SMARTS) is 1. The largest absolute Gasteiger partial charge is 0.481 e. The Bertz CT molecular complexity index is 3630. The number of hydrogen-bond donors (Lipinski definition) is 20. The molecule has 0 spiro atoms. The van der Waals surface area contributed by atoms with Crippen LogP contribution in [0.3, 0.4) is 0 Å². The molecule has 1 rings (SSSR count). The maximum atomic E-state index is 15.1. The van der Waals surface area contributed by atoms with Gasteiger partial charge in [-0.05, 0) is 118 Å². The number of ether oxygens (including phenoxy) is 1. The molecule has 1 fully saturated rings. The average Bonchev–Trinajstić information content (AvgIpc) is 1.25. The van der Waals surface area contributed by atoms with Crippen molar-refractivity contribution in [2.24, 2.45) is 70.3 Å². The molecule has 0 radical (unpaired) electrons. The molecule has 1 aliphatic rings. The fraction of sp³-hybridized carbons (Fsp3) is 0.762. The summed E-state index contributed by atoms with van der Waals surface area (Å²) >= 11 is 0. The highest BCUT2D eigenvalue weighted by Gasteiger charge is 2.42. The molecule has 16 atom stereocenters. The van der Waals surface area contributed by atoms with E-state index in [1.54, 1.807) is 76.2 Å². The van der Waals surface area contributed by atoms with Gasteiger partial charge in [0.1, 0.15) is 91.2 Å². The Morgan fingerprint density at radius 3 is 1.17 bits per heavy atom. The minimum atomic E-state index is -2.11. The van der Waals surface area contributed by atoms with E-state index in [1.807, 2.05) is 0 Å². The number of aliphatic hydroxyl groups is 1. The number of primary amides is 4. The molecule has 18 amide bonds. The minimum Gasteiger partial charge on any atom is -0.481 e. The first-order valence-corrected chi connectivity index (χ1v) is 43.7. The van der Waals surface area contributed by atoms with Crippen LogP contribution in [-0.2, 0) is 101 Å². The van der Waals surface area contributed by atoms with E-state index in [0.29, 0.717) is 12.8 Å². The number of cyclic esters (lactones) is 1. The lowest BCUT2D eigenvalue weighted by atomic mass is 9.97. The first-order valence-electron chi connectivity index (χ1n) is 43.7. The fourth-order valence-electron chi connectivity index (χ4n) is 13.5. The second-order valence-corrected chi connectivity index (χ2v) is 35.4. The van der Waals surface area contributed by atoms with Gasteiger partial charge in [0.15, 0.2) is 0 Å². The van der Waals surface area contributed by atoms with Gasteiger partial charge in [0.25, 0.3) is 0 Å². The van der Waals surface area contributed by atoms with E-state index in [0.717, 1.165) is 25.7 Å². The number of esters is 1. The van der Waals surface area contributed by atoms with E-state index in [4.69, 9.17) is 27.7 Å². The summed E-state index contributed by atoms with van der Waals surface area (Å²) in [4.78, 5) is 280. The van der Waals surface area contributed by atoms with Crippen molar-refractivity contribution in [1.82, 2.24) is 74.4 Å². The molecular weight excluding hydrogens is 1630 g/mol. The first kappa shape index (κ1) is 112. The number of aliphatic carboxylic acids is 1. The normalized spacial score (nSPS) is 20.6. The number of amides is 18. The zero-order valence-corrected chi connectivity index (χ0v) is 76.0. The van der Waals surface area contributed by atoms with Gasteiger partial charge in [-0.15, -0.1) is 0 Å². The standard InChI is InChI=1S/C84H146N18O23/c1-18-20-21-22-23-24-50(103)40-66(108)89-56(35-42(3)4)76(116)94-55(29-34-67(109)110)71(111)90-53(27-32-64(87)106)74(114)100-68(47(13)14)82(122)97-60(39-46(11)12)79(119)92-52(26-31-63(86)105)73(113)99-61-41-125-84(124)70(49(17)19-2)102-75(115)54(28-33-65(88)107)93-77(117)57(36-43(5)6)96-80(120)58(37-44(7)8)95-72(112)51(25-30-62(85)104)91-78(118)59(38-45(9)10)98-83(123)69(48(15)16)101-81(61)121/h42-61,68-70,103H,18-41H2,1-17H3,(H2,85,104)(H2,86,105)(H2,87,106)(H2,88,107)(H,89,108)(H,90,111)(H,91,118)(H,92,119)(H,93,117)(H,94,116)(H,95,112)(H,96,120)(H,97,122)(H,98,123)(H,99,113)(H,100,114)(H,101,121)(H,102,115)(H,109,110). The van der Waals surface area contributed by atoms with Crippen molar-refractivity contribution in [2.75, 3.05) is 6.61 Å². The molecule has 1 aliphatic heterocycles. The van der Waals surface area contributed by atoms with Crippen LogP contribution in [0.1, 0.15) is 265 Å². The van der Waals surface area contributed by atoms with Gasteiger partial charge in [0.2, 0.25) is 106 Å². The molecule has 710 valence electrons.